The Hall–Kier alpha value is -2.77. The lowest BCUT2D eigenvalue weighted by atomic mass is 10.0. The number of oxime groups is 1. The summed E-state index contributed by atoms with van der Waals surface area (Å²) in [4.78, 5) is 59.4. The van der Waals surface area contributed by atoms with Gasteiger partial charge in [-0.15, -0.1) is 34.7 Å². The Balaban J connectivity index is 1.81. The number of halogens is 1. The van der Waals surface area contributed by atoms with Gasteiger partial charge in [0.1, 0.15) is 22.8 Å². The lowest BCUT2D eigenvalue weighted by Crippen LogP contribution is -2.71. The molecule has 4 radical (unpaired) electrons. The number of hydrogen-bond acceptors (Lipinski definition) is 11. The monoisotopic (exact) mass is 506 g/mol. The van der Waals surface area contributed by atoms with Crippen LogP contribution in [0, 0.1) is 6.92 Å². The highest BCUT2D eigenvalue weighted by atomic mass is 35.5. The molecule has 1 fully saturated rings. The fourth-order valence-electron chi connectivity index (χ4n) is 2.92. The van der Waals surface area contributed by atoms with Gasteiger partial charge in [-0.3, -0.25) is 14.5 Å². The second-order valence-corrected chi connectivity index (χ2v) is 8.90. The number of nitrogens with one attached hydrogen (secondary N) is 1. The molecule has 33 heavy (non-hydrogen) atoms. The molecule has 0 unspecified atom stereocenters. The minimum Gasteiger partial charge on any atom is -0.539 e. The summed E-state index contributed by atoms with van der Waals surface area (Å²) >= 11 is 8.41. The molecule has 2 aliphatic rings. The standard InChI is InChI=1S/C17H13B2ClN4O7S2/c1-6(16(27)29-18)31-23-10(9-5-32-7(2)21-9)13(25)22-11-14(26)24-12(17(28)30-19)8(3-20)4-33-15(11)24/h5,11,15H,1,3-4H2,2H3,(H,22,25)/b23-10-/t11-,15-/m1/s1. The fourth-order valence-corrected chi connectivity index (χ4v) is 5.20. The van der Waals surface area contributed by atoms with Crippen LogP contribution in [-0.2, 0) is 33.3 Å². The number of carbonyl (C=O) groups excluding carboxylic acids is 4. The third-order valence-corrected chi connectivity index (χ3v) is 6.89. The average Bonchev–Trinajstić information content (AvgIpc) is 3.25. The van der Waals surface area contributed by atoms with Crippen molar-refractivity contribution in [1.82, 2.24) is 15.2 Å². The molecular weight excluding hydrogens is 493 g/mol. The molecular formula is C17H13B2ClN4O7S2. The quantitative estimate of drug-likeness (QED) is 0.0969. The molecule has 11 nitrogen and oxygen atoms in total. The van der Waals surface area contributed by atoms with E-state index in [-0.39, 0.29) is 23.0 Å². The van der Waals surface area contributed by atoms with E-state index in [2.05, 4.69) is 31.3 Å². The Kier molecular flexibility index (Phi) is 7.87. The van der Waals surface area contributed by atoms with Gasteiger partial charge in [0.05, 0.1) is 5.01 Å². The van der Waals surface area contributed by atoms with E-state index in [1.807, 2.05) is 0 Å². The van der Waals surface area contributed by atoms with Crippen molar-refractivity contribution in [2.24, 2.45) is 5.16 Å². The van der Waals surface area contributed by atoms with Crippen LogP contribution in [0.3, 0.4) is 0 Å². The highest BCUT2D eigenvalue weighted by molar-refractivity contribution is 8.00. The summed E-state index contributed by atoms with van der Waals surface area (Å²) < 4.78 is 8.25. The zero-order valence-corrected chi connectivity index (χ0v) is 19.3. The molecule has 2 atom stereocenters. The molecule has 1 N–H and O–H groups in total. The smallest absolute Gasteiger partial charge is 0.379 e. The number of β-lactam (4-membered cyclic amide) rings is 1. The number of nitrogens with zero attached hydrogens (tertiary/aromatic N) is 3. The van der Waals surface area contributed by atoms with Gasteiger partial charge in [-0.2, -0.15) is 0 Å². The third-order valence-electron chi connectivity index (χ3n) is 4.45. The second kappa shape index (κ2) is 10.4. The highest BCUT2D eigenvalue weighted by Crippen LogP contribution is 2.40. The number of amides is 2. The first-order valence-corrected chi connectivity index (χ1v) is 11.4. The SMILES string of the molecule is [B]OC(=O)C(=C)O/N=C(\C(=O)N[C@@H]1C(=O)N2C(C(=O)O[B])=C(CCl)CS[C@H]12)c1csc(C)n1. The van der Waals surface area contributed by atoms with Crippen molar-refractivity contribution in [1.29, 1.82) is 0 Å². The number of hydrogen-bond donors (Lipinski definition) is 1. The van der Waals surface area contributed by atoms with Crippen molar-refractivity contribution in [3.05, 3.63) is 39.7 Å². The van der Waals surface area contributed by atoms with Crippen LogP contribution < -0.4 is 5.32 Å². The van der Waals surface area contributed by atoms with E-state index in [4.69, 9.17) is 32.5 Å². The summed E-state index contributed by atoms with van der Waals surface area (Å²) in [6.07, 6.45) is 0. The molecule has 0 bridgehead atoms. The Labute approximate surface area is 203 Å². The molecule has 2 aliphatic heterocycles. The van der Waals surface area contributed by atoms with Crippen molar-refractivity contribution in [2.45, 2.75) is 18.3 Å². The number of thiazole rings is 1. The molecule has 1 aromatic heterocycles. The summed E-state index contributed by atoms with van der Waals surface area (Å²) in [6, 6.07) is -0.998. The normalized spacial score (nSPS) is 19.9. The summed E-state index contributed by atoms with van der Waals surface area (Å²) in [7, 11) is 9.74. The molecule has 0 aromatic carbocycles. The number of carbonyl (C=O) groups is 4. The Morgan fingerprint density at radius 3 is 2.70 bits per heavy atom. The van der Waals surface area contributed by atoms with Gasteiger partial charge in [-0.1, -0.05) is 5.16 Å². The molecule has 16 heteroatoms. The van der Waals surface area contributed by atoms with Crippen LogP contribution in [-0.4, -0.2) is 78.5 Å². The molecule has 0 aliphatic carbocycles. The van der Waals surface area contributed by atoms with Gasteiger partial charge in [0, 0.05) is 17.0 Å². The first-order chi connectivity index (χ1) is 15.7. The van der Waals surface area contributed by atoms with Gasteiger partial charge in [0.2, 0.25) is 5.76 Å². The van der Waals surface area contributed by atoms with Crippen LogP contribution in [0.2, 0.25) is 0 Å². The lowest BCUT2D eigenvalue weighted by Gasteiger charge is -2.49. The van der Waals surface area contributed by atoms with Crippen LogP contribution in [0.25, 0.3) is 0 Å². The first-order valence-electron chi connectivity index (χ1n) is 8.95. The van der Waals surface area contributed by atoms with Gasteiger partial charge >= 0.3 is 28.0 Å². The number of thioether (sulfide) groups is 1. The minimum atomic E-state index is -1.10. The van der Waals surface area contributed by atoms with E-state index in [1.165, 1.54) is 33.4 Å². The lowest BCUT2D eigenvalue weighted by molar-refractivity contribution is -0.149. The molecule has 1 aromatic rings. The van der Waals surface area contributed by atoms with E-state index in [0.717, 1.165) is 0 Å². The number of fused-ring (bicyclic) bond motifs is 1. The maximum Gasteiger partial charge on any atom is 0.379 e. The summed E-state index contributed by atoms with van der Waals surface area (Å²) in [6.45, 7) is 5.00. The predicted molar refractivity (Wildman–Crippen MR) is 120 cm³/mol. The molecule has 3 rings (SSSR count). The van der Waals surface area contributed by atoms with E-state index in [0.29, 0.717) is 16.3 Å². The highest BCUT2D eigenvalue weighted by Gasteiger charge is 2.54. The largest absolute Gasteiger partial charge is 0.539 e. The average molecular weight is 507 g/mol. The Bertz CT molecular complexity index is 1090. The molecule has 2 amide bonds. The second-order valence-electron chi connectivity index (χ2n) is 6.46. The van der Waals surface area contributed by atoms with Gasteiger partial charge in [0.15, 0.2) is 5.71 Å². The maximum absolute atomic E-state index is 13.0. The zero-order chi connectivity index (χ0) is 24.3. The van der Waals surface area contributed by atoms with Gasteiger partial charge in [-0.25, -0.2) is 14.6 Å². The number of alkyl halides is 1. The fraction of sp³-hybridized carbons (Fsp3) is 0.294. The van der Waals surface area contributed by atoms with Crippen molar-refractivity contribution >= 4 is 80.3 Å². The number of rotatable bonds is 8. The number of aryl methyl sites for hydroxylation is 1. The Morgan fingerprint density at radius 1 is 1.39 bits per heavy atom. The van der Waals surface area contributed by atoms with Crippen molar-refractivity contribution in [3.63, 3.8) is 0 Å². The molecule has 0 saturated carbocycles. The van der Waals surface area contributed by atoms with E-state index in [1.54, 1.807) is 6.92 Å². The van der Waals surface area contributed by atoms with Gasteiger partial charge in [-0.05, 0) is 19.1 Å². The van der Waals surface area contributed by atoms with Crippen LogP contribution in [0.5, 0.6) is 0 Å². The van der Waals surface area contributed by atoms with E-state index in [9.17, 15) is 19.2 Å². The van der Waals surface area contributed by atoms with Crippen LogP contribution >= 0.6 is 34.7 Å². The van der Waals surface area contributed by atoms with E-state index >= 15 is 0 Å². The maximum atomic E-state index is 13.0. The zero-order valence-electron chi connectivity index (χ0n) is 16.9. The molecule has 0 spiro atoms. The molecule has 168 valence electrons. The topological polar surface area (TPSA) is 136 Å². The van der Waals surface area contributed by atoms with Crippen LogP contribution in [0.1, 0.15) is 10.7 Å². The molecule has 1 saturated heterocycles. The summed E-state index contributed by atoms with van der Waals surface area (Å²) in [5, 5.41) is 7.74. The van der Waals surface area contributed by atoms with Crippen LogP contribution in [0.4, 0.5) is 0 Å². The minimum absolute atomic E-state index is 0.00258. The van der Waals surface area contributed by atoms with Gasteiger partial charge < -0.3 is 19.5 Å². The summed E-state index contributed by atoms with van der Waals surface area (Å²) in [5.74, 6) is -3.65. The van der Waals surface area contributed by atoms with Crippen molar-refractivity contribution < 1.29 is 33.3 Å². The van der Waals surface area contributed by atoms with Crippen LogP contribution in [0.15, 0.2) is 34.1 Å². The summed E-state index contributed by atoms with van der Waals surface area (Å²) in [5.41, 5.74) is 0.248. The first kappa shape index (κ1) is 24.9. The van der Waals surface area contributed by atoms with Crippen molar-refractivity contribution in [2.75, 3.05) is 11.6 Å². The predicted octanol–water partition coefficient (Wildman–Crippen LogP) is -0.168. The number of aromatic nitrogens is 1. The van der Waals surface area contributed by atoms with E-state index < -0.39 is 40.9 Å². The Morgan fingerprint density at radius 2 is 2.12 bits per heavy atom. The molecule has 3 heterocycles. The van der Waals surface area contributed by atoms with Crippen molar-refractivity contribution in [3.8, 4) is 0 Å². The van der Waals surface area contributed by atoms with Gasteiger partial charge in [0.25, 0.3) is 11.8 Å². The third kappa shape index (κ3) is 4.94.